The molecule has 1 atom stereocenters. The van der Waals surface area contributed by atoms with E-state index in [1.165, 1.54) is 6.07 Å². The summed E-state index contributed by atoms with van der Waals surface area (Å²) in [6.07, 6.45) is 2.03. The van der Waals surface area contributed by atoms with Gasteiger partial charge in [-0.15, -0.1) is 0 Å². The Hall–Kier alpha value is -1.09. The number of rotatable bonds is 6. The van der Waals surface area contributed by atoms with Crippen molar-refractivity contribution in [3.05, 3.63) is 30.1 Å². The van der Waals surface area contributed by atoms with Gasteiger partial charge in [-0.25, -0.2) is 4.39 Å². The summed E-state index contributed by atoms with van der Waals surface area (Å²) in [5, 5.41) is 0. The molecule has 0 saturated carbocycles. The van der Waals surface area contributed by atoms with Crippen LogP contribution in [0.25, 0.3) is 0 Å². The van der Waals surface area contributed by atoms with E-state index in [-0.39, 0.29) is 11.4 Å². The maximum absolute atomic E-state index is 13.2. The molecule has 2 N–H and O–H groups in total. The van der Waals surface area contributed by atoms with Crippen LogP contribution in [-0.4, -0.2) is 18.6 Å². The topological polar surface area (TPSA) is 29.3 Å². The van der Waals surface area contributed by atoms with Crippen molar-refractivity contribution in [2.45, 2.75) is 39.2 Å². The Morgan fingerprint density at radius 2 is 2.06 bits per heavy atom. The highest BCUT2D eigenvalue weighted by Crippen LogP contribution is 2.19. The highest BCUT2D eigenvalue weighted by molar-refractivity contribution is 5.46. The van der Waals surface area contributed by atoms with Crippen LogP contribution in [0, 0.1) is 5.82 Å². The minimum absolute atomic E-state index is 0.199. The largest absolute Gasteiger partial charge is 0.370 e. The lowest BCUT2D eigenvalue weighted by Gasteiger charge is -2.33. The van der Waals surface area contributed by atoms with Gasteiger partial charge in [-0.05, 0) is 38.5 Å². The van der Waals surface area contributed by atoms with Crippen molar-refractivity contribution in [2.24, 2.45) is 5.73 Å². The molecule has 0 aliphatic rings. The van der Waals surface area contributed by atoms with Crippen LogP contribution in [0.4, 0.5) is 10.1 Å². The molecule has 0 heterocycles. The van der Waals surface area contributed by atoms with Gasteiger partial charge in [-0.2, -0.15) is 0 Å². The van der Waals surface area contributed by atoms with Crippen LogP contribution >= 0.6 is 0 Å². The molecular formula is C14H23FN2. The highest BCUT2D eigenvalue weighted by Gasteiger charge is 2.21. The van der Waals surface area contributed by atoms with Crippen LogP contribution in [0.3, 0.4) is 0 Å². The number of halogens is 1. The number of nitrogens with two attached hydrogens (primary N) is 1. The van der Waals surface area contributed by atoms with E-state index in [1.807, 2.05) is 6.07 Å². The molecule has 0 aliphatic heterocycles. The number of hydrogen-bond donors (Lipinski definition) is 1. The lowest BCUT2D eigenvalue weighted by Crippen LogP contribution is -2.48. The van der Waals surface area contributed by atoms with Crippen LogP contribution < -0.4 is 10.6 Å². The fourth-order valence-corrected chi connectivity index (χ4v) is 2.14. The van der Waals surface area contributed by atoms with Crippen molar-refractivity contribution in [1.29, 1.82) is 0 Å². The van der Waals surface area contributed by atoms with Crippen LogP contribution in [0.1, 0.15) is 33.6 Å². The van der Waals surface area contributed by atoms with Crippen LogP contribution in [0.5, 0.6) is 0 Å². The number of benzene rings is 1. The molecule has 0 bridgehead atoms. The highest BCUT2D eigenvalue weighted by atomic mass is 19.1. The minimum atomic E-state index is -0.225. The van der Waals surface area contributed by atoms with Gasteiger partial charge in [0.25, 0.3) is 0 Å². The molecule has 0 aromatic heterocycles. The van der Waals surface area contributed by atoms with Crippen molar-refractivity contribution in [2.75, 3.05) is 18.0 Å². The van der Waals surface area contributed by atoms with E-state index in [1.54, 1.807) is 12.1 Å². The lowest BCUT2D eigenvalue weighted by molar-refractivity contribution is 0.424. The summed E-state index contributed by atoms with van der Waals surface area (Å²) < 4.78 is 13.2. The lowest BCUT2D eigenvalue weighted by atomic mass is 9.96. The molecule has 0 aliphatic carbocycles. The van der Waals surface area contributed by atoms with Gasteiger partial charge in [-0.3, -0.25) is 0 Å². The summed E-state index contributed by atoms with van der Waals surface area (Å²) in [7, 11) is 0. The van der Waals surface area contributed by atoms with E-state index in [9.17, 15) is 4.39 Å². The molecule has 1 unspecified atom stereocenters. The molecule has 3 heteroatoms. The molecule has 1 aromatic rings. The van der Waals surface area contributed by atoms with Crippen molar-refractivity contribution in [3.8, 4) is 0 Å². The number of likely N-dealkylation sites (N-methyl/N-ethyl adjacent to an activating group) is 1. The van der Waals surface area contributed by atoms with Crippen LogP contribution in [0.2, 0.25) is 0 Å². The average Bonchev–Trinajstić information content (AvgIpc) is 2.26. The van der Waals surface area contributed by atoms with Gasteiger partial charge in [-0.1, -0.05) is 19.4 Å². The van der Waals surface area contributed by atoms with E-state index in [0.717, 1.165) is 31.6 Å². The second-order valence-electron chi connectivity index (χ2n) is 4.90. The first kappa shape index (κ1) is 14.0. The predicted octanol–water partition coefficient (Wildman–Crippen LogP) is 3.17. The van der Waals surface area contributed by atoms with E-state index in [2.05, 4.69) is 25.7 Å². The first-order chi connectivity index (χ1) is 7.98. The molecule has 1 aromatic carbocycles. The Kier molecular flexibility index (Phi) is 4.94. The average molecular weight is 238 g/mol. The summed E-state index contributed by atoms with van der Waals surface area (Å²) in [5.74, 6) is -0.199. The molecule has 0 radical (unpaired) electrons. The number of hydrogen-bond acceptors (Lipinski definition) is 2. The standard InChI is InChI=1S/C14H23FN2/c1-4-9-14(3,16)11-17(5-2)13-8-6-7-12(15)10-13/h6-8,10H,4-5,9,11,16H2,1-3H3. The van der Waals surface area contributed by atoms with Gasteiger partial charge >= 0.3 is 0 Å². The summed E-state index contributed by atoms with van der Waals surface area (Å²) in [6.45, 7) is 7.83. The van der Waals surface area contributed by atoms with Gasteiger partial charge < -0.3 is 10.6 Å². The second kappa shape index (κ2) is 6.01. The molecule has 0 amide bonds. The zero-order valence-electron chi connectivity index (χ0n) is 11.0. The third-order valence-electron chi connectivity index (χ3n) is 2.93. The Morgan fingerprint density at radius 1 is 1.35 bits per heavy atom. The number of nitrogens with zero attached hydrogens (tertiary/aromatic N) is 1. The molecule has 17 heavy (non-hydrogen) atoms. The van der Waals surface area contributed by atoms with Gasteiger partial charge in [0.2, 0.25) is 0 Å². The van der Waals surface area contributed by atoms with Crippen LogP contribution in [0.15, 0.2) is 24.3 Å². The molecule has 2 nitrogen and oxygen atoms in total. The van der Waals surface area contributed by atoms with Crippen molar-refractivity contribution >= 4 is 5.69 Å². The fraction of sp³-hybridized carbons (Fsp3) is 0.571. The molecule has 0 saturated heterocycles. The smallest absolute Gasteiger partial charge is 0.125 e. The fourth-order valence-electron chi connectivity index (χ4n) is 2.14. The van der Waals surface area contributed by atoms with Gasteiger partial charge in [0, 0.05) is 24.3 Å². The van der Waals surface area contributed by atoms with Crippen molar-refractivity contribution in [1.82, 2.24) is 0 Å². The summed E-state index contributed by atoms with van der Waals surface area (Å²) in [6, 6.07) is 6.69. The first-order valence-corrected chi connectivity index (χ1v) is 6.28. The molecule has 1 rings (SSSR count). The van der Waals surface area contributed by atoms with Crippen LogP contribution in [-0.2, 0) is 0 Å². The molecule has 0 fully saturated rings. The Labute approximate surface area is 104 Å². The summed E-state index contributed by atoms with van der Waals surface area (Å²) in [5.41, 5.74) is 6.92. The minimum Gasteiger partial charge on any atom is -0.370 e. The Morgan fingerprint density at radius 3 is 2.59 bits per heavy atom. The van der Waals surface area contributed by atoms with Gasteiger partial charge in [0.1, 0.15) is 5.82 Å². The molecular weight excluding hydrogens is 215 g/mol. The summed E-state index contributed by atoms with van der Waals surface area (Å²) in [4.78, 5) is 2.12. The zero-order chi connectivity index (χ0) is 12.9. The SMILES string of the molecule is CCCC(C)(N)CN(CC)c1cccc(F)c1. The Balaban J connectivity index is 2.78. The maximum Gasteiger partial charge on any atom is 0.125 e. The third kappa shape index (κ3) is 4.35. The van der Waals surface area contributed by atoms with E-state index in [4.69, 9.17) is 5.73 Å². The van der Waals surface area contributed by atoms with E-state index in [0.29, 0.717) is 0 Å². The monoisotopic (exact) mass is 238 g/mol. The summed E-state index contributed by atoms with van der Waals surface area (Å²) >= 11 is 0. The van der Waals surface area contributed by atoms with Gasteiger partial charge in [0.05, 0.1) is 0 Å². The van der Waals surface area contributed by atoms with Crippen molar-refractivity contribution < 1.29 is 4.39 Å². The van der Waals surface area contributed by atoms with E-state index >= 15 is 0 Å². The maximum atomic E-state index is 13.2. The zero-order valence-corrected chi connectivity index (χ0v) is 11.0. The van der Waals surface area contributed by atoms with Gasteiger partial charge in [0.15, 0.2) is 0 Å². The quantitative estimate of drug-likeness (QED) is 0.824. The first-order valence-electron chi connectivity index (χ1n) is 6.28. The molecule has 0 spiro atoms. The predicted molar refractivity (Wildman–Crippen MR) is 71.8 cm³/mol. The molecule has 96 valence electrons. The second-order valence-corrected chi connectivity index (χ2v) is 4.90. The normalized spacial score (nSPS) is 14.4. The Bertz CT molecular complexity index is 350. The van der Waals surface area contributed by atoms with E-state index < -0.39 is 0 Å². The number of anilines is 1. The van der Waals surface area contributed by atoms with Crippen molar-refractivity contribution in [3.63, 3.8) is 0 Å². The third-order valence-corrected chi connectivity index (χ3v) is 2.93.